The Kier molecular flexibility index (Phi) is 4.67. The van der Waals surface area contributed by atoms with Crippen molar-refractivity contribution in [2.24, 2.45) is 16.7 Å². The molecule has 1 aromatic carbocycles. The molecule has 1 N–H and O–H groups in total. The fourth-order valence-corrected chi connectivity index (χ4v) is 5.76. The molecular weight excluding hydrogens is 354 g/mol. The molecule has 1 heterocycles. The lowest BCUT2D eigenvalue weighted by Gasteiger charge is -2.52. The van der Waals surface area contributed by atoms with E-state index < -0.39 is 5.97 Å². The minimum absolute atomic E-state index is 0.0639. The summed E-state index contributed by atoms with van der Waals surface area (Å²) < 4.78 is 6.01. The van der Waals surface area contributed by atoms with Crippen molar-refractivity contribution in [3.8, 4) is 5.75 Å². The van der Waals surface area contributed by atoms with E-state index in [4.69, 9.17) is 9.84 Å². The number of rotatable bonds is 4. The number of carboxylic acids is 1. The Morgan fingerprint density at radius 2 is 1.71 bits per heavy atom. The Morgan fingerprint density at radius 1 is 1.07 bits per heavy atom. The largest absolute Gasteiger partial charge is 0.490 e. The molecule has 5 nitrogen and oxygen atoms in total. The van der Waals surface area contributed by atoms with Crippen LogP contribution in [0, 0.1) is 16.7 Å². The summed E-state index contributed by atoms with van der Waals surface area (Å²) in [6.45, 7) is 7.77. The second-order valence-corrected chi connectivity index (χ2v) is 10.1. The van der Waals surface area contributed by atoms with Crippen molar-refractivity contribution in [3.05, 3.63) is 29.8 Å². The molecule has 3 aliphatic rings. The zero-order valence-corrected chi connectivity index (χ0v) is 17.1. The molecule has 152 valence electrons. The van der Waals surface area contributed by atoms with Gasteiger partial charge in [-0.2, -0.15) is 0 Å². The van der Waals surface area contributed by atoms with Gasteiger partial charge < -0.3 is 14.7 Å². The van der Waals surface area contributed by atoms with Crippen LogP contribution < -0.4 is 4.74 Å². The highest BCUT2D eigenvalue weighted by Crippen LogP contribution is 2.57. The lowest BCUT2D eigenvalue weighted by Crippen LogP contribution is -2.62. The van der Waals surface area contributed by atoms with E-state index in [1.54, 1.807) is 0 Å². The first-order valence-corrected chi connectivity index (χ1v) is 10.5. The SMILES string of the molecule is CC1(C)CC2N(C(=O)c3ccc(O[C@H]4CC[C@@H](C(=O)O)CC4)cc3)CC2(C)C1. The van der Waals surface area contributed by atoms with Crippen molar-refractivity contribution in [2.75, 3.05) is 6.54 Å². The maximum absolute atomic E-state index is 13.0. The lowest BCUT2D eigenvalue weighted by molar-refractivity contribution is -0.143. The van der Waals surface area contributed by atoms with Crippen molar-refractivity contribution in [1.29, 1.82) is 0 Å². The van der Waals surface area contributed by atoms with Gasteiger partial charge in [0.1, 0.15) is 5.75 Å². The molecule has 2 aliphatic carbocycles. The second kappa shape index (κ2) is 6.78. The third-order valence-electron chi connectivity index (χ3n) is 7.03. The van der Waals surface area contributed by atoms with Crippen molar-refractivity contribution in [1.82, 2.24) is 4.90 Å². The van der Waals surface area contributed by atoms with Crippen LogP contribution in [0.3, 0.4) is 0 Å². The summed E-state index contributed by atoms with van der Waals surface area (Å²) in [5.74, 6) is -0.0591. The monoisotopic (exact) mass is 385 g/mol. The zero-order valence-electron chi connectivity index (χ0n) is 17.1. The van der Waals surface area contributed by atoms with Crippen LogP contribution in [0.1, 0.15) is 69.7 Å². The van der Waals surface area contributed by atoms with Gasteiger partial charge in [0, 0.05) is 23.6 Å². The molecule has 2 unspecified atom stereocenters. The van der Waals surface area contributed by atoms with Gasteiger partial charge in [-0.15, -0.1) is 0 Å². The van der Waals surface area contributed by atoms with Crippen LogP contribution in [0.2, 0.25) is 0 Å². The number of carbonyl (C=O) groups is 2. The fourth-order valence-electron chi connectivity index (χ4n) is 5.76. The van der Waals surface area contributed by atoms with Crippen LogP contribution in [0.4, 0.5) is 0 Å². The first kappa shape index (κ1) is 19.3. The highest BCUT2D eigenvalue weighted by Gasteiger charge is 2.59. The minimum Gasteiger partial charge on any atom is -0.490 e. The summed E-state index contributed by atoms with van der Waals surface area (Å²) in [5.41, 5.74) is 1.30. The number of amides is 1. The molecule has 0 bridgehead atoms. The van der Waals surface area contributed by atoms with Crippen LogP contribution in [-0.2, 0) is 4.79 Å². The Bertz CT molecular complexity index is 763. The van der Waals surface area contributed by atoms with E-state index in [1.165, 1.54) is 6.42 Å². The van der Waals surface area contributed by atoms with Gasteiger partial charge >= 0.3 is 5.97 Å². The van der Waals surface area contributed by atoms with Crippen molar-refractivity contribution in [3.63, 3.8) is 0 Å². The maximum atomic E-state index is 13.0. The number of hydrogen-bond acceptors (Lipinski definition) is 3. The number of aliphatic carboxylic acids is 1. The minimum atomic E-state index is -0.700. The number of benzene rings is 1. The van der Waals surface area contributed by atoms with E-state index in [9.17, 15) is 9.59 Å². The number of ether oxygens (including phenoxy) is 1. The number of hydrogen-bond donors (Lipinski definition) is 1. The van der Waals surface area contributed by atoms with Crippen molar-refractivity contribution >= 4 is 11.9 Å². The number of carboxylic acid groups (broad SMARTS) is 1. The Hall–Kier alpha value is -2.04. The normalized spacial score (nSPS) is 33.7. The van der Waals surface area contributed by atoms with Crippen LogP contribution in [-0.4, -0.2) is 40.6 Å². The lowest BCUT2D eigenvalue weighted by atomic mass is 9.74. The van der Waals surface area contributed by atoms with E-state index in [-0.39, 0.29) is 23.3 Å². The summed E-state index contributed by atoms with van der Waals surface area (Å²) in [5, 5.41) is 9.09. The number of likely N-dealkylation sites (tertiary alicyclic amines) is 1. The average molecular weight is 386 g/mol. The summed E-state index contributed by atoms with van der Waals surface area (Å²) in [6, 6.07) is 7.81. The van der Waals surface area contributed by atoms with Crippen LogP contribution in [0.25, 0.3) is 0 Å². The van der Waals surface area contributed by atoms with Gasteiger partial charge in [-0.3, -0.25) is 9.59 Å². The topological polar surface area (TPSA) is 66.8 Å². The van der Waals surface area contributed by atoms with Crippen LogP contribution in [0.15, 0.2) is 24.3 Å². The molecule has 0 spiro atoms. The summed E-state index contributed by atoms with van der Waals surface area (Å²) in [7, 11) is 0. The van der Waals surface area contributed by atoms with Gasteiger partial charge in [0.25, 0.3) is 5.91 Å². The smallest absolute Gasteiger partial charge is 0.306 e. The van der Waals surface area contributed by atoms with E-state index in [0.29, 0.717) is 29.9 Å². The highest BCUT2D eigenvalue weighted by molar-refractivity contribution is 5.95. The van der Waals surface area contributed by atoms with E-state index in [2.05, 4.69) is 20.8 Å². The van der Waals surface area contributed by atoms with E-state index in [1.807, 2.05) is 29.2 Å². The van der Waals surface area contributed by atoms with Gasteiger partial charge in [-0.25, -0.2) is 0 Å². The predicted octanol–water partition coefficient (Wildman–Crippen LogP) is 4.36. The average Bonchev–Trinajstić information content (AvgIpc) is 2.82. The number of carbonyl (C=O) groups excluding carboxylic acids is 1. The van der Waals surface area contributed by atoms with Crippen molar-refractivity contribution in [2.45, 2.75) is 71.4 Å². The molecule has 4 rings (SSSR count). The Morgan fingerprint density at radius 3 is 2.29 bits per heavy atom. The molecule has 2 atom stereocenters. The first-order chi connectivity index (χ1) is 13.2. The van der Waals surface area contributed by atoms with E-state index in [0.717, 1.165) is 31.6 Å². The first-order valence-electron chi connectivity index (χ1n) is 10.5. The second-order valence-electron chi connectivity index (χ2n) is 10.1. The van der Waals surface area contributed by atoms with Crippen molar-refractivity contribution < 1.29 is 19.4 Å². The van der Waals surface area contributed by atoms with Crippen LogP contribution in [0.5, 0.6) is 5.75 Å². The standard InChI is InChI=1S/C23H31NO4/c1-22(2)12-19-23(3,13-22)14-24(19)20(25)15-4-8-17(9-5-15)28-18-10-6-16(7-11-18)21(26)27/h4-5,8-9,16,18-19H,6-7,10-14H2,1-3H3,(H,26,27)/t16-,18+,19?,23?. The van der Waals surface area contributed by atoms with Gasteiger partial charge in [0.05, 0.1) is 12.0 Å². The maximum Gasteiger partial charge on any atom is 0.306 e. The Labute approximate surface area is 167 Å². The third kappa shape index (κ3) is 3.51. The quantitative estimate of drug-likeness (QED) is 0.836. The van der Waals surface area contributed by atoms with Gasteiger partial charge in [-0.05, 0) is 68.2 Å². The zero-order chi connectivity index (χ0) is 20.1. The molecule has 5 heteroatoms. The predicted molar refractivity (Wildman–Crippen MR) is 106 cm³/mol. The Balaban J connectivity index is 1.34. The molecule has 3 fully saturated rings. The summed E-state index contributed by atoms with van der Waals surface area (Å²) in [4.78, 5) is 26.0. The van der Waals surface area contributed by atoms with E-state index >= 15 is 0 Å². The number of nitrogens with zero attached hydrogens (tertiary/aromatic N) is 1. The highest BCUT2D eigenvalue weighted by atomic mass is 16.5. The molecular formula is C23H31NO4. The molecule has 0 radical (unpaired) electrons. The molecule has 2 saturated carbocycles. The summed E-state index contributed by atoms with van der Waals surface area (Å²) in [6.07, 6.45) is 5.20. The molecule has 0 aromatic heterocycles. The van der Waals surface area contributed by atoms with Crippen LogP contribution >= 0.6 is 0 Å². The molecule has 1 amide bonds. The third-order valence-corrected chi connectivity index (χ3v) is 7.03. The van der Waals surface area contributed by atoms with Gasteiger partial charge in [0.2, 0.25) is 0 Å². The molecule has 1 aliphatic heterocycles. The van der Waals surface area contributed by atoms with Gasteiger partial charge in [-0.1, -0.05) is 20.8 Å². The fraction of sp³-hybridized carbons (Fsp3) is 0.652. The van der Waals surface area contributed by atoms with Gasteiger partial charge in [0.15, 0.2) is 0 Å². The molecule has 28 heavy (non-hydrogen) atoms. The summed E-state index contributed by atoms with van der Waals surface area (Å²) >= 11 is 0. The number of fused-ring (bicyclic) bond motifs is 1. The molecule has 1 saturated heterocycles. The molecule has 1 aromatic rings.